The molecule has 4 rings (SSSR count). The van der Waals surface area contributed by atoms with Crippen LogP contribution >= 0.6 is 0 Å². The predicted molar refractivity (Wildman–Crippen MR) is 119 cm³/mol. The lowest BCUT2D eigenvalue weighted by molar-refractivity contribution is -0.142. The molecule has 7 nitrogen and oxygen atoms in total. The first kappa shape index (κ1) is 20.8. The molecule has 160 valence electrons. The molecule has 0 spiro atoms. The number of benzene rings is 2. The molecule has 0 saturated heterocycles. The van der Waals surface area contributed by atoms with E-state index in [0.29, 0.717) is 16.7 Å². The fraction of sp³-hybridized carbons (Fsp3) is 0.333. The highest BCUT2D eigenvalue weighted by molar-refractivity contribution is 5.81. The SMILES string of the molecule is COC(=O)COc1cccc(C=Nn2c(C3CCCCC3)nc3ccccc3c2=O)c1. The van der Waals surface area contributed by atoms with E-state index in [1.807, 2.05) is 24.3 Å². The molecule has 3 aromatic rings. The van der Waals surface area contributed by atoms with Gasteiger partial charge < -0.3 is 9.47 Å². The maximum atomic E-state index is 13.2. The molecule has 1 aromatic heterocycles. The number of methoxy groups -OCH3 is 1. The first-order valence-corrected chi connectivity index (χ1v) is 10.5. The highest BCUT2D eigenvalue weighted by Crippen LogP contribution is 2.31. The van der Waals surface area contributed by atoms with E-state index in [1.54, 1.807) is 30.5 Å². The van der Waals surface area contributed by atoms with Crippen LogP contribution in [0.5, 0.6) is 5.75 Å². The number of hydrogen-bond acceptors (Lipinski definition) is 6. The van der Waals surface area contributed by atoms with Crippen LogP contribution in [0.3, 0.4) is 0 Å². The zero-order chi connectivity index (χ0) is 21.6. The molecule has 0 unspecified atom stereocenters. The molecule has 1 saturated carbocycles. The quantitative estimate of drug-likeness (QED) is 0.447. The molecule has 0 N–H and O–H groups in total. The van der Waals surface area contributed by atoms with Crippen molar-refractivity contribution in [1.82, 2.24) is 9.66 Å². The third kappa shape index (κ3) is 4.82. The number of fused-ring (bicyclic) bond motifs is 1. The Morgan fingerprint density at radius 3 is 2.77 bits per heavy atom. The molecule has 31 heavy (non-hydrogen) atoms. The van der Waals surface area contributed by atoms with Crippen LogP contribution in [0, 0.1) is 0 Å². The number of carbonyl (C=O) groups is 1. The van der Waals surface area contributed by atoms with Crippen molar-refractivity contribution < 1.29 is 14.3 Å². The lowest BCUT2D eigenvalue weighted by Gasteiger charge is -2.22. The predicted octanol–water partition coefficient (Wildman–Crippen LogP) is 3.88. The number of para-hydroxylation sites is 1. The lowest BCUT2D eigenvalue weighted by Crippen LogP contribution is -2.25. The fourth-order valence-corrected chi connectivity index (χ4v) is 3.89. The van der Waals surface area contributed by atoms with Gasteiger partial charge in [-0.3, -0.25) is 4.79 Å². The Morgan fingerprint density at radius 2 is 1.97 bits per heavy atom. The first-order chi connectivity index (χ1) is 15.2. The molecule has 2 aromatic carbocycles. The first-order valence-electron chi connectivity index (χ1n) is 10.5. The zero-order valence-electron chi connectivity index (χ0n) is 17.5. The summed E-state index contributed by atoms with van der Waals surface area (Å²) in [5, 5.41) is 5.07. The Morgan fingerprint density at radius 1 is 1.16 bits per heavy atom. The van der Waals surface area contributed by atoms with Crippen molar-refractivity contribution in [2.24, 2.45) is 5.10 Å². The monoisotopic (exact) mass is 419 g/mol. The molecule has 1 aliphatic carbocycles. The summed E-state index contributed by atoms with van der Waals surface area (Å²) in [7, 11) is 1.31. The van der Waals surface area contributed by atoms with E-state index in [0.717, 1.165) is 37.1 Å². The number of esters is 1. The molecule has 0 amide bonds. The van der Waals surface area contributed by atoms with Gasteiger partial charge in [0, 0.05) is 5.92 Å². The molecular weight excluding hydrogens is 394 g/mol. The molecule has 1 heterocycles. The van der Waals surface area contributed by atoms with Crippen LogP contribution in [0.25, 0.3) is 10.9 Å². The summed E-state index contributed by atoms with van der Waals surface area (Å²) in [6.07, 6.45) is 7.13. The van der Waals surface area contributed by atoms with Crippen LogP contribution in [0.1, 0.15) is 49.4 Å². The molecule has 1 fully saturated rings. The van der Waals surface area contributed by atoms with Crippen molar-refractivity contribution in [3.63, 3.8) is 0 Å². The van der Waals surface area contributed by atoms with Crippen molar-refractivity contribution in [2.45, 2.75) is 38.0 Å². The maximum Gasteiger partial charge on any atom is 0.343 e. The fourth-order valence-electron chi connectivity index (χ4n) is 3.89. The van der Waals surface area contributed by atoms with Crippen LogP contribution in [0.15, 0.2) is 58.4 Å². The summed E-state index contributed by atoms with van der Waals surface area (Å²) in [5.74, 6) is 1.01. The topological polar surface area (TPSA) is 82.8 Å². The van der Waals surface area contributed by atoms with Crippen molar-refractivity contribution in [3.05, 3.63) is 70.3 Å². The second kappa shape index (κ2) is 9.55. The van der Waals surface area contributed by atoms with Gasteiger partial charge in [-0.2, -0.15) is 9.78 Å². The van der Waals surface area contributed by atoms with Crippen molar-refractivity contribution >= 4 is 23.1 Å². The molecule has 0 bridgehead atoms. The van der Waals surface area contributed by atoms with Crippen LogP contribution in [-0.2, 0) is 9.53 Å². The standard InChI is InChI=1S/C24H25N3O4/c1-30-22(28)16-31-19-11-7-8-17(14-19)15-25-27-23(18-9-3-2-4-10-18)26-21-13-6-5-12-20(21)24(27)29/h5-8,11-15,18H,2-4,9-10,16H2,1H3. The van der Waals surface area contributed by atoms with Crippen LogP contribution in [0.2, 0.25) is 0 Å². The van der Waals surface area contributed by atoms with E-state index in [4.69, 9.17) is 9.72 Å². The van der Waals surface area contributed by atoms with Crippen LogP contribution < -0.4 is 10.3 Å². The summed E-state index contributed by atoms with van der Waals surface area (Å²) >= 11 is 0. The Balaban J connectivity index is 1.68. The molecule has 1 aliphatic rings. The Kier molecular flexibility index (Phi) is 6.40. The number of rotatable bonds is 6. The van der Waals surface area contributed by atoms with Crippen LogP contribution in [-0.4, -0.2) is 35.6 Å². The second-order valence-corrected chi connectivity index (χ2v) is 7.62. The molecule has 7 heteroatoms. The Bertz CT molecular complexity index is 1160. The number of ether oxygens (including phenoxy) is 2. The Hall–Kier alpha value is -3.48. The molecule has 0 atom stereocenters. The highest BCUT2D eigenvalue weighted by Gasteiger charge is 2.22. The summed E-state index contributed by atoms with van der Waals surface area (Å²) in [4.78, 5) is 29.3. The molecule has 0 aliphatic heterocycles. The van der Waals surface area contributed by atoms with Gasteiger partial charge in [-0.25, -0.2) is 9.78 Å². The molecular formula is C24H25N3O4. The summed E-state index contributed by atoms with van der Waals surface area (Å²) < 4.78 is 11.5. The van der Waals surface area contributed by atoms with Gasteiger partial charge in [-0.1, -0.05) is 43.5 Å². The minimum Gasteiger partial charge on any atom is -0.482 e. The molecule has 0 radical (unpaired) electrons. The summed E-state index contributed by atoms with van der Waals surface area (Å²) in [6, 6.07) is 14.5. The third-order valence-electron chi connectivity index (χ3n) is 5.51. The maximum absolute atomic E-state index is 13.2. The Labute approximate surface area is 180 Å². The average molecular weight is 419 g/mol. The van der Waals surface area contributed by atoms with Gasteiger partial charge in [0.05, 0.1) is 24.2 Å². The zero-order valence-corrected chi connectivity index (χ0v) is 17.5. The summed E-state index contributed by atoms with van der Waals surface area (Å²) in [5.41, 5.74) is 1.29. The van der Waals surface area contributed by atoms with Gasteiger partial charge >= 0.3 is 5.97 Å². The summed E-state index contributed by atoms with van der Waals surface area (Å²) in [6.45, 7) is -0.170. The van der Waals surface area contributed by atoms with Gasteiger partial charge in [0.1, 0.15) is 11.6 Å². The normalized spacial score (nSPS) is 14.7. The van der Waals surface area contributed by atoms with E-state index in [-0.39, 0.29) is 18.1 Å². The third-order valence-corrected chi connectivity index (χ3v) is 5.51. The van der Waals surface area contributed by atoms with Crippen molar-refractivity contribution in [2.75, 3.05) is 13.7 Å². The number of aromatic nitrogens is 2. The van der Waals surface area contributed by atoms with Gasteiger partial charge in [0.15, 0.2) is 6.61 Å². The smallest absolute Gasteiger partial charge is 0.343 e. The lowest BCUT2D eigenvalue weighted by atomic mass is 9.88. The largest absolute Gasteiger partial charge is 0.482 e. The average Bonchev–Trinajstić information content (AvgIpc) is 2.82. The van der Waals surface area contributed by atoms with Gasteiger partial charge in [-0.05, 0) is 42.7 Å². The number of hydrogen-bond donors (Lipinski definition) is 0. The highest BCUT2D eigenvalue weighted by atomic mass is 16.6. The second-order valence-electron chi connectivity index (χ2n) is 7.62. The van der Waals surface area contributed by atoms with Crippen molar-refractivity contribution in [3.8, 4) is 5.75 Å². The van der Waals surface area contributed by atoms with E-state index in [1.165, 1.54) is 18.2 Å². The van der Waals surface area contributed by atoms with E-state index in [2.05, 4.69) is 9.84 Å². The van der Waals surface area contributed by atoms with Gasteiger partial charge in [0.25, 0.3) is 5.56 Å². The number of carbonyl (C=O) groups excluding carboxylic acids is 1. The minimum absolute atomic E-state index is 0.166. The van der Waals surface area contributed by atoms with E-state index < -0.39 is 5.97 Å². The van der Waals surface area contributed by atoms with E-state index >= 15 is 0 Å². The van der Waals surface area contributed by atoms with E-state index in [9.17, 15) is 9.59 Å². The van der Waals surface area contributed by atoms with Crippen molar-refractivity contribution in [1.29, 1.82) is 0 Å². The minimum atomic E-state index is -0.454. The van der Waals surface area contributed by atoms with Gasteiger partial charge in [-0.15, -0.1) is 0 Å². The number of nitrogens with zero attached hydrogens (tertiary/aromatic N) is 3. The van der Waals surface area contributed by atoms with Gasteiger partial charge in [0.2, 0.25) is 0 Å². The van der Waals surface area contributed by atoms with Crippen LogP contribution in [0.4, 0.5) is 0 Å².